The number of nitrogens with one attached hydrogen (secondary N) is 1. The lowest BCUT2D eigenvalue weighted by Crippen LogP contribution is -2.44. The fourth-order valence-corrected chi connectivity index (χ4v) is 2.03. The molecule has 4 nitrogen and oxygen atoms in total. The van der Waals surface area contributed by atoms with E-state index < -0.39 is 5.60 Å². The molecule has 0 radical (unpaired) electrons. The van der Waals surface area contributed by atoms with Crippen LogP contribution in [0.3, 0.4) is 0 Å². The van der Waals surface area contributed by atoms with E-state index in [4.69, 9.17) is 4.74 Å². The predicted molar refractivity (Wildman–Crippen MR) is 55.3 cm³/mol. The van der Waals surface area contributed by atoms with Gasteiger partial charge in [0.1, 0.15) is 5.60 Å². The van der Waals surface area contributed by atoms with Gasteiger partial charge in [-0.25, -0.2) is 0 Å². The molecule has 86 valence electrons. The summed E-state index contributed by atoms with van der Waals surface area (Å²) in [6, 6.07) is 0. The molecule has 1 amide bonds. The van der Waals surface area contributed by atoms with Crippen molar-refractivity contribution in [3.8, 4) is 0 Å². The maximum Gasteiger partial charge on any atom is 0.223 e. The van der Waals surface area contributed by atoms with Crippen LogP contribution in [0.4, 0.5) is 0 Å². The van der Waals surface area contributed by atoms with E-state index in [-0.39, 0.29) is 17.2 Å². The molecule has 1 saturated carbocycles. The van der Waals surface area contributed by atoms with Crippen molar-refractivity contribution in [2.45, 2.75) is 32.3 Å². The van der Waals surface area contributed by atoms with Crippen molar-refractivity contribution in [2.24, 2.45) is 11.3 Å². The number of aliphatic hydroxyl groups is 1. The Kier molecular flexibility index (Phi) is 2.51. The highest BCUT2D eigenvalue weighted by Crippen LogP contribution is 2.51. The van der Waals surface area contributed by atoms with Gasteiger partial charge in [0.05, 0.1) is 6.61 Å². The molecule has 2 atom stereocenters. The zero-order chi connectivity index (χ0) is 11.1. The Balaban J connectivity index is 1.76. The Bertz CT molecular complexity index is 269. The molecule has 2 unspecified atom stereocenters. The summed E-state index contributed by atoms with van der Waals surface area (Å²) in [5, 5.41) is 12.7. The van der Waals surface area contributed by atoms with Gasteiger partial charge >= 0.3 is 0 Å². The van der Waals surface area contributed by atoms with Gasteiger partial charge in [0.15, 0.2) is 0 Å². The number of carbonyl (C=O) groups is 1. The average molecular weight is 213 g/mol. The van der Waals surface area contributed by atoms with Gasteiger partial charge in [-0.05, 0) is 11.8 Å². The lowest BCUT2D eigenvalue weighted by molar-refractivity contribution is -0.124. The zero-order valence-electron chi connectivity index (χ0n) is 9.38. The third kappa shape index (κ3) is 2.32. The van der Waals surface area contributed by atoms with Crippen molar-refractivity contribution in [1.29, 1.82) is 0 Å². The monoisotopic (exact) mass is 213 g/mol. The number of hydrogen-bond donors (Lipinski definition) is 2. The first-order chi connectivity index (χ1) is 6.93. The largest absolute Gasteiger partial charge is 0.386 e. The van der Waals surface area contributed by atoms with E-state index in [2.05, 4.69) is 19.2 Å². The summed E-state index contributed by atoms with van der Waals surface area (Å²) >= 11 is 0. The van der Waals surface area contributed by atoms with E-state index >= 15 is 0 Å². The maximum atomic E-state index is 11.7. The van der Waals surface area contributed by atoms with Crippen molar-refractivity contribution >= 4 is 5.91 Å². The number of ether oxygens (including phenoxy) is 1. The predicted octanol–water partition coefficient (Wildman–Crippen LogP) is 0.300. The van der Waals surface area contributed by atoms with Crippen LogP contribution in [0.1, 0.15) is 26.7 Å². The average Bonchev–Trinajstić information content (AvgIpc) is 2.60. The smallest absolute Gasteiger partial charge is 0.223 e. The molecule has 15 heavy (non-hydrogen) atoms. The van der Waals surface area contributed by atoms with Crippen molar-refractivity contribution in [3.63, 3.8) is 0 Å². The van der Waals surface area contributed by atoms with Gasteiger partial charge in [0.2, 0.25) is 5.91 Å². The van der Waals surface area contributed by atoms with Gasteiger partial charge in [0, 0.05) is 25.5 Å². The molecule has 0 aromatic heterocycles. The Morgan fingerprint density at radius 1 is 1.60 bits per heavy atom. The SMILES string of the molecule is CC1(C)CC1C(=O)NCC1(O)CCOC1. The molecule has 1 aliphatic heterocycles. The third-order valence-corrected chi connectivity index (χ3v) is 3.50. The second-order valence-corrected chi connectivity index (χ2v) is 5.49. The van der Waals surface area contributed by atoms with E-state index in [1.807, 2.05) is 0 Å². The Labute approximate surface area is 90.0 Å². The molecule has 0 aromatic rings. The van der Waals surface area contributed by atoms with Crippen LogP contribution in [0.5, 0.6) is 0 Å². The van der Waals surface area contributed by atoms with Gasteiger partial charge in [-0.3, -0.25) is 4.79 Å². The van der Waals surface area contributed by atoms with Crippen molar-refractivity contribution < 1.29 is 14.6 Å². The van der Waals surface area contributed by atoms with Crippen molar-refractivity contribution in [3.05, 3.63) is 0 Å². The molecule has 1 saturated heterocycles. The van der Waals surface area contributed by atoms with Gasteiger partial charge in [-0.1, -0.05) is 13.8 Å². The Morgan fingerprint density at radius 3 is 2.73 bits per heavy atom. The molecule has 1 aliphatic carbocycles. The summed E-state index contributed by atoms with van der Waals surface area (Å²) in [5.74, 6) is 0.198. The first-order valence-corrected chi connectivity index (χ1v) is 5.51. The van der Waals surface area contributed by atoms with Crippen LogP contribution in [0.15, 0.2) is 0 Å². The van der Waals surface area contributed by atoms with Crippen molar-refractivity contribution in [2.75, 3.05) is 19.8 Å². The van der Waals surface area contributed by atoms with E-state index in [0.29, 0.717) is 26.2 Å². The third-order valence-electron chi connectivity index (χ3n) is 3.50. The Hall–Kier alpha value is -0.610. The molecule has 2 fully saturated rings. The van der Waals surface area contributed by atoms with Crippen molar-refractivity contribution in [1.82, 2.24) is 5.32 Å². The second-order valence-electron chi connectivity index (χ2n) is 5.49. The fraction of sp³-hybridized carbons (Fsp3) is 0.909. The second kappa shape index (κ2) is 3.46. The van der Waals surface area contributed by atoms with Crippen LogP contribution in [0.2, 0.25) is 0 Å². The molecule has 2 rings (SSSR count). The van der Waals surface area contributed by atoms with Gasteiger partial charge in [-0.2, -0.15) is 0 Å². The molecule has 1 heterocycles. The summed E-state index contributed by atoms with van der Waals surface area (Å²) in [7, 11) is 0. The Morgan fingerprint density at radius 2 is 2.27 bits per heavy atom. The molecule has 2 aliphatic rings. The van der Waals surface area contributed by atoms with Crippen LogP contribution in [-0.2, 0) is 9.53 Å². The number of amides is 1. The van der Waals surface area contributed by atoms with Crippen LogP contribution < -0.4 is 5.32 Å². The van der Waals surface area contributed by atoms with Crippen LogP contribution >= 0.6 is 0 Å². The summed E-state index contributed by atoms with van der Waals surface area (Å²) < 4.78 is 5.11. The van der Waals surface area contributed by atoms with E-state index in [9.17, 15) is 9.90 Å². The molecular formula is C11H19NO3. The first kappa shape index (κ1) is 10.9. The lowest BCUT2D eigenvalue weighted by atomic mass is 10.0. The highest BCUT2D eigenvalue weighted by Gasteiger charge is 2.50. The van der Waals surface area contributed by atoms with E-state index in [1.54, 1.807) is 0 Å². The molecular weight excluding hydrogens is 194 g/mol. The molecule has 0 aromatic carbocycles. The van der Waals surface area contributed by atoms with Gasteiger partial charge < -0.3 is 15.2 Å². The minimum Gasteiger partial charge on any atom is -0.386 e. The highest BCUT2D eigenvalue weighted by molar-refractivity contribution is 5.82. The molecule has 0 spiro atoms. The van der Waals surface area contributed by atoms with Crippen LogP contribution in [0, 0.1) is 11.3 Å². The molecule has 4 heteroatoms. The highest BCUT2D eigenvalue weighted by atomic mass is 16.5. The summed E-state index contributed by atoms with van der Waals surface area (Å²) in [6.07, 6.45) is 1.56. The minimum absolute atomic E-state index is 0.0697. The number of rotatable bonds is 3. The standard InChI is InChI=1S/C11H19NO3/c1-10(2)5-8(10)9(13)12-6-11(14)3-4-15-7-11/h8,14H,3-7H2,1-2H3,(H,12,13). The number of carbonyl (C=O) groups excluding carboxylic acids is 1. The fourth-order valence-electron chi connectivity index (χ4n) is 2.03. The van der Waals surface area contributed by atoms with Crippen LogP contribution in [0.25, 0.3) is 0 Å². The zero-order valence-corrected chi connectivity index (χ0v) is 9.38. The van der Waals surface area contributed by atoms with Crippen LogP contribution in [-0.4, -0.2) is 36.4 Å². The molecule has 0 bridgehead atoms. The summed E-state index contributed by atoms with van der Waals surface area (Å²) in [4.78, 5) is 11.7. The number of hydrogen-bond acceptors (Lipinski definition) is 3. The van der Waals surface area contributed by atoms with E-state index in [0.717, 1.165) is 6.42 Å². The first-order valence-electron chi connectivity index (χ1n) is 5.51. The quantitative estimate of drug-likeness (QED) is 0.709. The van der Waals surface area contributed by atoms with Gasteiger partial charge in [-0.15, -0.1) is 0 Å². The summed E-state index contributed by atoms with van der Waals surface area (Å²) in [6.45, 7) is 5.41. The lowest BCUT2D eigenvalue weighted by Gasteiger charge is -2.20. The minimum atomic E-state index is -0.839. The molecule has 2 N–H and O–H groups in total. The maximum absolute atomic E-state index is 11.7. The van der Waals surface area contributed by atoms with Gasteiger partial charge in [0.25, 0.3) is 0 Å². The van der Waals surface area contributed by atoms with E-state index in [1.165, 1.54) is 0 Å². The summed E-state index contributed by atoms with van der Waals surface area (Å²) in [5.41, 5.74) is -0.687. The normalized spacial score (nSPS) is 37.7. The topological polar surface area (TPSA) is 58.6 Å².